The van der Waals surface area contributed by atoms with Gasteiger partial charge in [-0.15, -0.1) is 0 Å². The van der Waals surface area contributed by atoms with Crippen LogP contribution in [-0.4, -0.2) is 38.8 Å². The zero-order chi connectivity index (χ0) is 21.4. The molecule has 158 valence electrons. The summed E-state index contributed by atoms with van der Waals surface area (Å²) in [5.74, 6) is 1.04. The van der Waals surface area contributed by atoms with Crippen molar-refractivity contribution >= 4 is 17.3 Å². The van der Waals surface area contributed by atoms with E-state index in [1.165, 1.54) is 0 Å². The first-order chi connectivity index (χ1) is 13.7. The van der Waals surface area contributed by atoms with Gasteiger partial charge >= 0.3 is 0 Å². The van der Waals surface area contributed by atoms with Crippen LogP contribution in [0.5, 0.6) is 11.5 Å². The second-order valence-electron chi connectivity index (χ2n) is 8.10. The number of carbonyl (C=O) groups is 1. The molecule has 0 radical (unpaired) electrons. The fraction of sp³-hybridized carbons (Fsp3) is 0.435. The highest BCUT2D eigenvalue weighted by Gasteiger charge is 2.15. The lowest BCUT2D eigenvalue weighted by Gasteiger charge is -2.21. The van der Waals surface area contributed by atoms with Crippen LogP contribution in [-0.2, 0) is 11.3 Å². The summed E-state index contributed by atoms with van der Waals surface area (Å²) in [7, 11) is 4.04. The molecule has 0 saturated heterocycles. The van der Waals surface area contributed by atoms with Gasteiger partial charge < -0.3 is 25.0 Å². The monoisotopic (exact) mass is 399 g/mol. The van der Waals surface area contributed by atoms with Gasteiger partial charge in [0.05, 0.1) is 6.61 Å². The lowest BCUT2D eigenvalue weighted by atomic mass is 10.1. The van der Waals surface area contributed by atoms with Crippen molar-refractivity contribution in [3.63, 3.8) is 0 Å². The third-order valence-corrected chi connectivity index (χ3v) is 4.06. The van der Waals surface area contributed by atoms with Crippen LogP contribution in [0.1, 0.15) is 33.3 Å². The number of carbonyl (C=O) groups excluding carboxylic acids is 1. The molecule has 2 aromatic rings. The molecule has 1 amide bonds. The molecule has 2 aromatic carbocycles. The maximum atomic E-state index is 12.0. The summed E-state index contributed by atoms with van der Waals surface area (Å²) in [6.07, 6.45) is 0. The first kappa shape index (κ1) is 22.4. The lowest BCUT2D eigenvalue weighted by Crippen LogP contribution is -2.43. The van der Waals surface area contributed by atoms with E-state index in [-0.39, 0.29) is 18.1 Å². The van der Waals surface area contributed by atoms with Crippen molar-refractivity contribution in [2.24, 2.45) is 0 Å². The van der Waals surface area contributed by atoms with Crippen LogP contribution < -0.4 is 25.0 Å². The van der Waals surface area contributed by atoms with Crippen LogP contribution in [0.4, 0.5) is 11.4 Å². The zero-order valence-electron chi connectivity index (χ0n) is 18.3. The Bertz CT molecular complexity index is 796. The maximum absolute atomic E-state index is 12.0. The Hall–Kier alpha value is -2.89. The second-order valence-corrected chi connectivity index (χ2v) is 8.10. The Balaban J connectivity index is 1.99. The molecule has 0 aliphatic carbocycles. The first-order valence-electron chi connectivity index (χ1n) is 9.88. The molecular weight excluding hydrogens is 366 g/mol. The molecule has 6 nitrogen and oxygen atoms in total. The molecule has 29 heavy (non-hydrogen) atoms. The number of anilines is 2. The van der Waals surface area contributed by atoms with Crippen molar-refractivity contribution in [2.75, 3.05) is 37.5 Å². The minimum Gasteiger partial charge on any atom is -0.490 e. The predicted molar refractivity (Wildman–Crippen MR) is 119 cm³/mol. The van der Waals surface area contributed by atoms with Crippen molar-refractivity contribution in [3.8, 4) is 11.5 Å². The summed E-state index contributed by atoms with van der Waals surface area (Å²) in [6, 6.07) is 14.0. The molecule has 2 N–H and O–H groups in total. The number of amides is 1. The van der Waals surface area contributed by atoms with Crippen LogP contribution in [0.25, 0.3) is 0 Å². The Morgan fingerprint density at radius 1 is 1.00 bits per heavy atom. The summed E-state index contributed by atoms with van der Waals surface area (Å²) in [4.78, 5) is 14.1. The van der Waals surface area contributed by atoms with Crippen LogP contribution in [0.2, 0.25) is 0 Å². The topological polar surface area (TPSA) is 62.8 Å². The Morgan fingerprint density at radius 3 is 2.28 bits per heavy atom. The molecule has 0 aliphatic rings. The van der Waals surface area contributed by atoms with Crippen molar-refractivity contribution in [3.05, 3.63) is 48.0 Å². The van der Waals surface area contributed by atoms with Gasteiger partial charge in [-0.2, -0.15) is 0 Å². The number of rotatable bonds is 9. The minimum absolute atomic E-state index is 0.0484. The van der Waals surface area contributed by atoms with Gasteiger partial charge in [0, 0.05) is 37.6 Å². The number of nitrogens with zero attached hydrogens (tertiary/aromatic N) is 1. The number of ether oxygens (including phenoxy) is 2. The normalized spacial score (nSPS) is 11.0. The van der Waals surface area contributed by atoms with E-state index in [2.05, 4.69) is 39.8 Å². The molecular formula is C23H33N3O3. The molecule has 0 atom stereocenters. The SMILES string of the molecule is CCOc1cc(CNc2ccc(N(C)C)cc2)ccc1OCC(=O)NC(C)(C)C. The highest BCUT2D eigenvalue weighted by atomic mass is 16.5. The molecule has 0 bridgehead atoms. The van der Waals surface area contributed by atoms with E-state index in [0.717, 1.165) is 16.9 Å². The van der Waals surface area contributed by atoms with Crippen LogP contribution in [0.3, 0.4) is 0 Å². The largest absolute Gasteiger partial charge is 0.490 e. The highest BCUT2D eigenvalue weighted by molar-refractivity contribution is 5.78. The maximum Gasteiger partial charge on any atom is 0.258 e. The van der Waals surface area contributed by atoms with Crippen molar-refractivity contribution in [1.29, 1.82) is 0 Å². The molecule has 0 aromatic heterocycles. The number of benzene rings is 2. The quantitative estimate of drug-likeness (QED) is 0.666. The van der Waals surface area contributed by atoms with E-state index in [0.29, 0.717) is 24.7 Å². The van der Waals surface area contributed by atoms with Gasteiger partial charge in [-0.1, -0.05) is 6.07 Å². The summed E-state index contributed by atoms with van der Waals surface area (Å²) >= 11 is 0. The smallest absolute Gasteiger partial charge is 0.258 e. The summed E-state index contributed by atoms with van der Waals surface area (Å²) in [5, 5.41) is 6.30. The number of hydrogen-bond donors (Lipinski definition) is 2. The summed E-state index contributed by atoms with van der Waals surface area (Å²) in [5.41, 5.74) is 2.99. The van der Waals surface area contributed by atoms with Gasteiger partial charge in [0.15, 0.2) is 18.1 Å². The molecule has 2 rings (SSSR count). The van der Waals surface area contributed by atoms with E-state index in [1.807, 2.05) is 60.0 Å². The van der Waals surface area contributed by atoms with E-state index in [9.17, 15) is 4.79 Å². The third-order valence-electron chi connectivity index (χ3n) is 4.06. The van der Waals surface area contributed by atoms with E-state index in [4.69, 9.17) is 9.47 Å². The lowest BCUT2D eigenvalue weighted by molar-refractivity contribution is -0.124. The van der Waals surface area contributed by atoms with Crippen LogP contribution in [0, 0.1) is 0 Å². The molecule has 6 heteroatoms. The van der Waals surface area contributed by atoms with E-state index in [1.54, 1.807) is 0 Å². The fourth-order valence-corrected chi connectivity index (χ4v) is 2.73. The standard InChI is InChI=1S/C23H33N3O3/c1-7-28-21-14-17(15-24-18-9-11-19(12-10-18)26(5)6)8-13-20(21)29-16-22(27)25-23(2,3)4/h8-14,24H,7,15-16H2,1-6H3,(H,25,27). The van der Waals surface area contributed by atoms with E-state index < -0.39 is 0 Å². The van der Waals surface area contributed by atoms with Gasteiger partial charge in [-0.25, -0.2) is 0 Å². The fourth-order valence-electron chi connectivity index (χ4n) is 2.73. The predicted octanol–water partition coefficient (Wildman–Crippen LogP) is 4.06. The Labute approximate surface area is 174 Å². The summed E-state index contributed by atoms with van der Waals surface area (Å²) in [6.45, 7) is 8.87. The summed E-state index contributed by atoms with van der Waals surface area (Å²) < 4.78 is 11.4. The Morgan fingerprint density at radius 2 is 1.69 bits per heavy atom. The highest BCUT2D eigenvalue weighted by Crippen LogP contribution is 2.29. The minimum atomic E-state index is -0.288. The molecule has 0 spiro atoms. The molecule has 0 aliphatic heterocycles. The number of nitrogens with one attached hydrogen (secondary N) is 2. The van der Waals surface area contributed by atoms with Crippen molar-refractivity contribution in [2.45, 2.75) is 39.8 Å². The second kappa shape index (κ2) is 10.0. The first-order valence-corrected chi connectivity index (χ1v) is 9.88. The molecule has 0 fully saturated rings. The average Bonchev–Trinajstić information content (AvgIpc) is 2.65. The average molecular weight is 400 g/mol. The van der Waals surface area contributed by atoms with E-state index >= 15 is 0 Å². The van der Waals surface area contributed by atoms with Gasteiger partial charge in [0.25, 0.3) is 5.91 Å². The van der Waals surface area contributed by atoms with Crippen LogP contribution in [0.15, 0.2) is 42.5 Å². The van der Waals surface area contributed by atoms with Gasteiger partial charge in [0.1, 0.15) is 0 Å². The zero-order valence-corrected chi connectivity index (χ0v) is 18.3. The van der Waals surface area contributed by atoms with Gasteiger partial charge in [-0.05, 0) is 69.7 Å². The van der Waals surface area contributed by atoms with Crippen molar-refractivity contribution in [1.82, 2.24) is 5.32 Å². The van der Waals surface area contributed by atoms with Crippen LogP contribution >= 0.6 is 0 Å². The molecule has 0 unspecified atom stereocenters. The molecule has 0 saturated carbocycles. The number of hydrogen-bond acceptors (Lipinski definition) is 5. The van der Waals surface area contributed by atoms with Crippen molar-refractivity contribution < 1.29 is 14.3 Å². The third kappa shape index (κ3) is 7.56. The Kier molecular flexibility index (Phi) is 7.76. The van der Waals surface area contributed by atoms with Gasteiger partial charge in [0.2, 0.25) is 0 Å². The van der Waals surface area contributed by atoms with Gasteiger partial charge in [-0.3, -0.25) is 4.79 Å². The molecule has 0 heterocycles.